The molecule has 1 heterocycles. The van der Waals surface area contributed by atoms with Crippen molar-refractivity contribution in [3.8, 4) is 0 Å². The molecule has 1 aromatic heterocycles. The van der Waals surface area contributed by atoms with Gasteiger partial charge in [-0.3, -0.25) is 9.59 Å². The minimum absolute atomic E-state index is 0.126. The third kappa shape index (κ3) is 7.14. The molecule has 4 nitrogen and oxygen atoms in total. The maximum atomic E-state index is 12.9. The Kier molecular flexibility index (Phi) is 9.81. The number of H-pyrrole nitrogens is 1. The molecule has 0 fully saturated rings. The summed E-state index contributed by atoms with van der Waals surface area (Å²) in [6.45, 7) is 2.24. The quantitative estimate of drug-likeness (QED) is 0.265. The fraction of sp³-hybridized carbons (Fsp3) is 0.583. The van der Waals surface area contributed by atoms with Crippen LogP contribution in [0.4, 0.5) is 0 Å². The van der Waals surface area contributed by atoms with Crippen molar-refractivity contribution in [2.45, 2.75) is 90.4 Å². The highest BCUT2D eigenvalue weighted by Gasteiger charge is 2.17. The van der Waals surface area contributed by atoms with E-state index in [-0.39, 0.29) is 12.2 Å². The van der Waals surface area contributed by atoms with Crippen molar-refractivity contribution >= 4 is 22.7 Å². The molecule has 0 amide bonds. The number of carboxylic acid groups (broad SMARTS) is 1. The first-order chi connectivity index (χ1) is 13.6. The zero-order chi connectivity index (χ0) is 20.2. The number of fused-ring (bicyclic) bond motifs is 1. The van der Waals surface area contributed by atoms with Gasteiger partial charge in [0.15, 0.2) is 5.78 Å². The number of ketones is 1. The Morgan fingerprint density at radius 3 is 2.18 bits per heavy atom. The van der Waals surface area contributed by atoms with Crippen molar-refractivity contribution in [1.29, 1.82) is 0 Å². The molecule has 28 heavy (non-hydrogen) atoms. The van der Waals surface area contributed by atoms with E-state index < -0.39 is 5.97 Å². The maximum absolute atomic E-state index is 12.9. The van der Waals surface area contributed by atoms with Gasteiger partial charge in [-0.1, -0.05) is 76.5 Å². The first-order valence-corrected chi connectivity index (χ1v) is 11.0. The second-order valence-corrected chi connectivity index (χ2v) is 7.77. The Hall–Kier alpha value is -2.10. The number of carbonyl (C=O) groups excluding carboxylic acids is 1. The number of aromatic amines is 1. The summed E-state index contributed by atoms with van der Waals surface area (Å²) in [7, 11) is 0. The number of unbranched alkanes of at least 4 members (excludes halogenated alkanes) is 8. The van der Waals surface area contributed by atoms with Crippen LogP contribution in [0.3, 0.4) is 0 Å². The molecule has 0 spiro atoms. The van der Waals surface area contributed by atoms with E-state index in [1.165, 1.54) is 44.9 Å². The molecular formula is C24H35NO3. The second-order valence-electron chi connectivity index (χ2n) is 7.77. The van der Waals surface area contributed by atoms with Crippen LogP contribution in [0.25, 0.3) is 10.9 Å². The number of aliphatic carboxylic acids is 1. The Balaban J connectivity index is 1.84. The van der Waals surface area contributed by atoms with Crippen LogP contribution in [-0.2, 0) is 11.2 Å². The van der Waals surface area contributed by atoms with Crippen molar-refractivity contribution in [2.75, 3.05) is 0 Å². The largest absolute Gasteiger partial charge is 0.481 e. The highest BCUT2D eigenvalue weighted by molar-refractivity contribution is 6.09. The first kappa shape index (κ1) is 22.2. The lowest BCUT2D eigenvalue weighted by Gasteiger charge is -2.05. The number of carbonyl (C=O) groups is 2. The van der Waals surface area contributed by atoms with Crippen molar-refractivity contribution in [3.05, 3.63) is 35.5 Å². The Labute approximate surface area is 168 Å². The molecule has 0 aliphatic carbocycles. The maximum Gasteiger partial charge on any atom is 0.303 e. The smallest absolute Gasteiger partial charge is 0.303 e. The normalized spacial score (nSPS) is 11.2. The van der Waals surface area contributed by atoms with Gasteiger partial charge in [0, 0.05) is 35.0 Å². The molecule has 0 bridgehead atoms. The minimum atomic E-state index is -0.793. The number of carboxylic acids is 1. The summed E-state index contributed by atoms with van der Waals surface area (Å²) in [4.78, 5) is 27.1. The first-order valence-electron chi connectivity index (χ1n) is 11.0. The summed E-state index contributed by atoms with van der Waals surface area (Å²) in [6.07, 6.45) is 13.0. The number of hydrogen-bond donors (Lipinski definition) is 2. The van der Waals surface area contributed by atoms with Crippen molar-refractivity contribution in [2.24, 2.45) is 0 Å². The van der Waals surface area contributed by atoms with Crippen LogP contribution in [0.5, 0.6) is 0 Å². The Morgan fingerprint density at radius 2 is 1.50 bits per heavy atom. The van der Waals surface area contributed by atoms with Crippen LogP contribution in [0.15, 0.2) is 24.3 Å². The highest BCUT2D eigenvalue weighted by Crippen LogP contribution is 2.26. The zero-order valence-electron chi connectivity index (χ0n) is 17.3. The van der Waals surface area contributed by atoms with Gasteiger partial charge in [-0.05, 0) is 25.3 Å². The van der Waals surface area contributed by atoms with Gasteiger partial charge >= 0.3 is 5.97 Å². The fourth-order valence-electron chi connectivity index (χ4n) is 3.84. The number of benzene rings is 1. The second kappa shape index (κ2) is 12.4. The van der Waals surface area contributed by atoms with E-state index >= 15 is 0 Å². The molecule has 0 aliphatic rings. The number of para-hydroxylation sites is 1. The predicted molar refractivity (Wildman–Crippen MR) is 115 cm³/mol. The molecular weight excluding hydrogens is 350 g/mol. The number of aryl methyl sites for hydroxylation is 1. The molecule has 0 aliphatic heterocycles. The van der Waals surface area contributed by atoms with Crippen LogP contribution in [-0.4, -0.2) is 21.8 Å². The minimum Gasteiger partial charge on any atom is -0.481 e. The average Bonchev–Trinajstić information content (AvgIpc) is 3.04. The lowest BCUT2D eigenvalue weighted by atomic mass is 9.98. The van der Waals surface area contributed by atoms with Gasteiger partial charge in [0.2, 0.25) is 0 Å². The molecule has 0 saturated heterocycles. The number of nitrogens with one attached hydrogen (secondary N) is 1. The SMILES string of the molecule is CCCCCCCCCCCC(=O)c1c(CCCC(=O)O)[nH]c2ccccc12. The highest BCUT2D eigenvalue weighted by atomic mass is 16.4. The fourth-order valence-corrected chi connectivity index (χ4v) is 3.84. The predicted octanol–water partition coefficient (Wildman–Crippen LogP) is 6.68. The van der Waals surface area contributed by atoms with E-state index in [0.29, 0.717) is 19.3 Å². The molecule has 0 unspecified atom stereocenters. The standard InChI is InChI=1S/C24H35NO3/c1-2-3-4-5-6-7-8-9-10-17-22(26)24-19-14-11-12-15-20(19)25-21(24)16-13-18-23(27)28/h11-12,14-15,25H,2-10,13,16-18H2,1H3,(H,27,28). The number of aromatic nitrogens is 1. The van der Waals surface area contributed by atoms with Gasteiger partial charge in [-0.2, -0.15) is 0 Å². The molecule has 0 saturated carbocycles. The third-order valence-electron chi connectivity index (χ3n) is 5.39. The van der Waals surface area contributed by atoms with E-state index in [1.54, 1.807) is 0 Å². The lowest BCUT2D eigenvalue weighted by Crippen LogP contribution is -2.04. The number of Topliss-reactive ketones (excluding diaryl/α,β-unsaturated/α-hetero) is 1. The van der Waals surface area contributed by atoms with Crippen molar-refractivity contribution in [1.82, 2.24) is 4.98 Å². The summed E-state index contributed by atoms with van der Waals surface area (Å²) < 4.78 is 0. The molecule has 0 atom stereocenters. The summed E-state index contributed by atoms with van der Waals surface area (Å²) in [5.41, 5.74) is 2.63. The van der Waals surface area contributed by atoms with Crippen LogP contribution in [0.1, 0.15) is 100 Å². The Morgan fingerprint density at radius 1 is 0.857 bits per heavy atom. The van der Waals surface area contributed by atoms with Crippen LogP contribution < -0.4 is 0 Å². The molecule has 1 aromatic carbocycles. The molecule has 4 heteroatoms. The summed E-state index contributed by atoms with van der Waals surface area (Å²) in [5.74, 6) is -0.607. The van der Waals surface area contributed by atoms with Crippen LogP contribution in [0.2, 0.25) is 0 Å². The van der Waals surface area contributed by atoms with Gasteiger partial charge < -0.3 is 10.1 Å². The topological polar surface area (TPSA) is 70.2 Å². The average molecular weight is 386 g/mol. The third-order valence-corrected chi connectivity index (χ3v) is 5.39. The van der Waals surface area contributed by atoms with E-state index in [9.17, 15) is 9.59 Å². The van der Waals surface area contributed by atoms with E-state index in [2.05, 4.69) is 11.9 Å². The number of rotatable bonds is 15. The van der Waals surface area contributed by atoms with Gasteiger partial charge in [0.1, 0.15) is 0 Å². The van der Waals surface area contributed by atoms with Crippen LogP contribution >= 0.6 is 0 Å². The van der Waals surface area contributed by atoms with Gasteiger partial charge in [-0.25, -0.2) is 0 Å². The van der Waals surface area contributed by atoms with E-state index in [0.717, 1.165) is 35.0 Å². The molecule has 0 radical (unpaired) electrons. The van der Waals surface area contributed by atoms with Gasteiger partial charge in [0.25, 0.3) is 0 Å². The van der Waals surface area contributed by atoms with Crippen molar-refractivity contribution < 1.29 is 14.7 Å². The van der Waals surface area contributed by atoms with E-state index in [4.69, 9.17) is 5.11 Å². The molecule has 154 valence electrons. The van der Waals surface area contributed by atoms with Crippen molar-refractivity contribution in [3.63, 3.8) is 0 Å². The lowest BCUT2D eigenvalue weighted by molar-refractivity contribution is -0.137. The van der Waals surface area contributed by atoms with Gasteiger partial charge in [-0.15, -0.1) is 0 Å². The summed E-state index contributed by atoms with van der Waals surface area (Å²) in [6, 6.07) is 7.86. The summed E-state index contributed by atoms with van der Waals surface area (Å²) in [5, 5.41) is 9.85. The van der Waals surface area contributed by atoms with E-state index in [1.807, 2.05) is 24.3 Å². The van der Waals surface area contributed by atoms with Crippen LogP contribution in [0, 0.1) is 0 Å². The molecule has 2 N–H and O–H groups in total. The Bertz CT molecular complexity index is 747. The number of hydrogen-bond acceptors (Lipinski definition) is 2. The zero-order valence-corrected chi connectivity index (χ0v) is 17.3. The monoisotopic (exact) mass is 385 g/mol. The molecule has 2 rings (SSSR count). The van der Waals surface area contributed by atoms with Gasteiger partial charge in [0.05, 0.1) is 0 Å². The summed E-state index contributed by atoms with van der Waals surface area (Å²) >= 11 is 0. The molecule has 2 aromatic rings.